The number of fused-ring (bicyclic) bond motifs is 1. The number of hydrogen-bond donors (Lipinski definition) is 2. The lowest BCUT2D eigenvalue weighted by molar-refractivity contribution is 0.268. The van der Waals surface area contributed by atoms with Gasteiger partial charge in [-0.25, -0.2) is 0 Å². The van der Waals surface area contributed by atoms with Crippen LogP contribution in [0.2, 0.25) is 0 Å². The SMILES string of the molecule is CC(C)CCO.Oc1cccc2ccccc12. The quantitative estimate of drug-likeness (QED) is 0.831. The second-order valence-electron chi connectivity index (χ2n) is 4.40. The molecule has 2 aromatic carbocycles. The Morgan fingerprint density at radius 1 is 1.00 bits per heavy atom. The van der Waals surface area contributed by atoms with E-state index < -0.39 is 0 Å². The molecule has 0 aromatic heterocycles. The van der Waals surface area contributed by atoms with Gasteiger partial charge in [-0.2, -0.15) is 0 Å². The first-order valence-electron chi connectivity index (χ1n) is 5.92. The molecule has 0 amide bonds. The molecule has 0 radical (unpaired) electrons. The van der Waals surface area contributed by atoms with Crippen LogP contribution in [0.1, 0.15) is 20.3 Å². The number of phenolic OH excluding ortho intramolecular Hbond substituents is 1. The molecule has 2 heteroatoms. The Kier molecular flexibility index (Phi) is 5.50. The molecule has 2 nitrogen and oxygen atoms in total. The molecule has 92 valence electrons. The third-order valence-corrected chi connectivity index (χ3v) is 2.47. The predicted molar refractivity (Wildman–Crippen MR) is 72.2 cm³/mol. The number of aliphatic hydroxyl groups is 1. The zero-order valence-electron chi connectivity index (χ0n) is 10.4. The highest BCUT2D eigenvalue weighted by Gasteiger charge is 1.94. The Morgan fingerprint density at radius 2 is 1.65 bits per heavy atom. The first-order valence-corrected chi connectivity index (χ1v) is 5.92. The molecule has 0 unspecified atom stereocenters. The second kappa shape index (κ2) is 6.92. The van der Waals surface area contributed by atoms with E-state index in [1.165, 1.54) is 0 Å². The number of rotatable bonds is 2. The highest BCUT2D eigenvalue weighted by Crippen LogP contribution is 2.22. The summed E-state index contributed by atoms with van der Waals surface area (Å²) in [6.07, 6.45) is 0.931. The molecular weight excluding hydrogens is 212 g/mol. The van der Waals surface area contributed by atoms with Gasteiger partial charge in [-0.1, -0.05) is 50.2 Å². The largest absolute Gasteiger partial charge is 0.507 e. The third-order valence-electron chi connectivity index (χ3n) is 2.47. The van der Waals surface area contributed by atoms with Crippen molar-refractivity contribution in [2.24, 2.45) is 5.92 Å². The van der Waals surface area contributed by atoms with Gasteiger partial charge in [0.1, 0.15) is 5.75 Å². The Hall–Kier alpha value is -1.54. The zero-order valence-corrected chi connectivity index (χ0v) is 10.4. The molecule has 0 spiro atoms. The molecule has 0 saturated heterocycles. The van der Waals surface area contributed by atoms with Crippen molar-refractivity contribution in [1.29, 1.82) is 0 Å². The summed E-state index contributed by atoms with van der Waals surface area (Å²) >= 11 is 0. The molecule has 0 aliphatic heterocycles. The van der Waals surface area contributed by atoms with Crippen LogP contribution < -0.4 is 0 Å². The fourth-order valence-corrected chi connectivity index (χ4v) is 1.47. The van der Waals surface area contributed by atoms with Crippen molar-refractivity contribution in [3.05, 3.63) is 42.5 Å². The van der Waals surface area contributed by atoms with Gasteiger partial charge in [-0.3, -0.25) is 0 Å². The highest BCUT2D eigenvalue weighted by molar-refractivity contribution is 5.87. The van der Waals surface area contributed by atoms with E-state index in [2.05, 4.69) is 13.8 Å². The van der Waals surface area contributed by atoms with E-state index in [0.29, 0.717) is 18.3 Å². The number of aliphatic hydroxyl groups excluding tert-OH is 1. The Bertz CT molecular complexity index is 444. The van der Waals surface area contributed by atoms with Crippen LogP contribution in [0.3, 0.4) is 0 Å². The van der Waals surface area contributed by atoms with Crippen LogP contribution >= 0.6 is 0 Å². The number of aromatic hydroxyl groups is 1. The first kappa shape index (κ1) is 13.5. The standard InChI is InChI=1S/C10H8O.C5H12O/c11-10-7-3-5-8-4-1-2-6-9(8)10;1-5(2)3-4-6/h1-7,11H;5-6H,3-4H2,1-2H3. The number of phenols is 1. The van der Waals surface area contributed by atoms with E-state index in [-0.39, 0.29) is 0 Å². The van der Waals surface area contributed by atoms with Crippen LogP contribution in [0, 0.1) is 5.92 Å². The molecule has 0 heterocycles. The van der Waals surface area contributed by atoms with Gasteiger partial charge in [0.25, 0.3) is 0 Å². The molecule has 0 aliphatic rings. The molecule has 0 bridgehead atoms. The van der Waals surface area contributed by atoms with Gasteiger partial charge >= 0.3 is 0 Å². The predicted octanol–water partition coefficient (Wildman–Crippen LogP) is 3.57. The summed E-state index contributed by atoms with van der Waals surface area (Å²) < 4.78 is 0. The van der Waals surface area contributed by atoms with Gasteiger partial charge < -0.3 is 10.2 Å². The van der Waals surface area contributed by atoms with Gasteiger partial charge in [-0.05, 0) is 23.8 Å². The Labute approximate surface area is 103 Å². The van der Waals surface area contributed by atoms with Gasteiger partial charge in [0.05, 0.1) is 0 Å². The lowest BCUT2D eigenvalue weighted by Gasteiger charge is -1.97. The van der Waals surface area contributed by atoms with Crippen LogP contribution in [0.25, 0.3) is 10.8 Å². The second-order valence-corrected chi connectivity index (χ2v) is 4.40. The average molecular weight is 232 g/mol. The molecule has 0 aliphatic carbocycles. The minimum atomic E-state index is 0.331. The Balaban J connectivity index is 0.000000209. The average Bonchev–Trinajstić information content (AvgIpc) is 2.30. The summed E-state index contributed by atoms with van der Waals surface area (Å²) in [5, 5.41) is 19.6. The van der Waals surface area contributed by atoms with Crippen LogP contribution in [0.5, 0.6) is 5.75 Å². The van der Waals surface area contributed by atoms with Crippen LogP contribution in [-0.4, -0.2) is 16.8 Å². The molecule has 2 N–H and O–H groups in total. The van der Waals surface area contributed by atoms with Crippen molar-refractivity contribution >= 4 is 10.8 Å². The summed E-state index contributed by atoms with van der Waals surface area (Å²) in [6.45, 7) is 4.52. The van der Waals surface area contributed by atoms with Gasteiger partial charge in [0.2, 0.25) is 0 Å². The van der Waals surface area contributed by atoms with E-state index in [9.17, 15) is 5.11 Å². The fraction of sp³-hybridized carbons (Fsp3) is 0.333. The van der Waals surface area contributed by atoms with Crippen LogP contribution in [-0.2, 0) is 0 Å². The number of benzene rings is 2. The van der Waals surface area contributed by atoms with Gasteiger partial charge in [-0.15, -0.1) is 0 Å². The van der Waals surface area contributed by atoms with E-state index in [4.69, 9.17) is 5.11 Å². The van der Waals surface area contributed by atoms with Crippen molar-refractivity contribution in [3.63, 3.8) is 0 Å². The van der Waals surface area contributed by atoms with E-state index >= 15 is 0 Å². The topological polar surface area (TPSA) is 40.5 Å². The maximum absolute atomic E-state index is 9.37. The molecule has 2 rings (SSSR count). The normalized spacial score (nSPS) is 10.1. The maximum Gasteiger partial charge on any atom is 0.123 e. The minimum Gasteiger partial charge on any atom is -0.507 e. The summed E-state index contributed by atoms with van der Waals surface area (Å²) in [4.78, 5) is 0. The van der Waals surface area contributed by atoms with Crippen LogP contribution in [0.4, 0.5) is 0 Å². The maximum atomic E-state index is 9.37. The lowest BCUT2D eigenvalue weighted by atomic mass is 10.1. The van der Waals surface area contributed by atoms with Crippen molar-refractivity contribution in [3.8, 4) is 5.75 Å². The molecule has 0 fully saturated rings. The molecule has 0 atom stereocenters. The molecule has 17 heavy (non-hydrogen) atoms. The monoisotopic (exact) mass is 232 g/mol. The van der Waals surface area contributed by atoms with E-state index in [1.807, 2.05) is 36.4 Å². The lowest BCUT2D eigenvalue weighted by Crippen LogP contribution is -1.89. The van der Waals surface area contributed by atoms with Crippen molar-refractivity contribution < 1.29 is 10.2 Å². The smallest absolute Gasteiger partial charge is 0.123 e. The van der Waals surface area contributed by atoms with Crippen LogP contribution in [0.15, 0.2) is 42.5 Å². The van der Waals surface area contributed by atoms with Gasteiger partial charge in [0, 0.05) is 12.0 Å². The Morgan fingerprint density at radius 3 is 2.18 bits per heavy atom. The first-order chi connectivity index (χ1) is 8.15. The minimum absolute atomic E-state index is 0.331. The third kappa shape index (κ3) is 4.45. The summed E-state index contributed by atoms with van der Waals surface area (Å²) in [5.74, 6) is 0.998. The van der Waals surface area contributed by atoms with E-state index in [0.717, 1.165) is 17.2 Å². The van der Waals surface area contributed by atoms with Crippen molar-refractivity contribution in [2.45, 2.75) is 20.3 Å². The van der Waals surface area contributed by atoms with Crippen molar-refractivity contribution in [1.82, 2.24) is 0 Å². The highest BCUT2D eigenvalue weighted by atomic mass is 16.3. The summed E-state index contributed by atoms with van der Waals surface area (Å²) in [6, 6.07) is 13.3. The van der Waals surface area contributed by atoms with Gasteiger partial charge in [0.15, 0.2) is 0 Å². The zero-order chi connectivity index (χ0) is 12.7. The molecular formula is C15H20O2. The number of hydrogen-bond acceptors (Lipinski definition) is 2. The summed E-state index contributed by atoms with van der Waals surface area (Å²) in [7, 11) is 0. The molecule has 0 saturated carbocycles. The van der Waals surface area contributed by atoms with E-state index in [1.54, 1.807) is 6.07 Å². The summed E-state index contributed by atoms with van der Waals surface area (Å²) in [5.41, 5.74) is 0. The fourth-order valence-electron chi connectivity index (χ4n) is 1.47. The molecule has 2 aromatic rings. The van der Waals surface area contributed by atoms with Crippen molar-refractivity contribution in [2.75, 3.05) is 6.61 Å².